The molecule has 0 saturated heterocycles. The molecule has 2 rings (SSSR count). The Kier molecular flexibility index (Phi) is 9.92. The van der Waals surface area contributed by atoms with Crippen molar-refractivity contribution in [2.45, 2.75) is 66.2 Å². The van der Waals surface area contributed by atoms with Gasteiger partial charge in [-0.15, -0.1) is 0 Å². The second-order valence-electron chi connectivity index (χ2n) is 10.0. The monoisotopic (exact) mass is 455 g/mol. The summed E-state index contributed by atoms with van der Waals surface area (Å²) in [5, 5.41) is 12.4. The van der Waals surface area contributed by atoms with Crippen molar-refractivity contribution < 1.29 is 24.2 Å². The predicted molar refractivity (Wildman–Crippen MR) is 129 cm³/mol. The standard InChI is InChI=1S/C27H37NO5/c1-19(2)15-24(32-17-21-9-7-6-8-10-21)25(29)28-23(26(30)31)16-20-11-13-22(14-12-20)33-18-27(3,4)5/h6-14,19,23-24H,15-18H2,1-5H3,(H,28,29)(H,30,31)/t23?,24-/m0/s1. The third-order valence-electron chi connectivity index (χ3n) is 4.92. The lowest BCUT2D eigenvalue weighted by Gasteiger charge is -2.22. The zero-order valence-corrected chi connectivity index (χ0v) is 20.3. The molecule has 0 radical (unpaired) electrons. The van der Waals surface area contributed by atoms with E-state index in [2.05, 4.69) is 26.1 Å². The number of aliphatic carboxylic acids is 1. The summed E-state index contributed by atoms with van der Waals surface area (Å²) in [6, 6.07) is 15.9. The third kappa shape index (κ3) is 10.1. The van der Waals surface area contributed by atoms with E-state index in [0.29, 0.717) is 19.6 Å². The normalized spacial score (nSPS) is 13.4. The summed E-state index contributed by atoms with van der Waals surface area (Å²) in [6.07, 6.45) is -0.0429. The maximum absolute atomic E-state index is 12.9. The lowest BCUT2D eigenvalue weighted by Crippen LogP contribution is -2.47. The molecule has 0 spiro atoms. The molecule has 0 saturated carbocycles. The summed E-state index contributed by atoms with van der Waals surface area (Å²) >= 11 is 0. The minimum absolute atomic E-state index is 0.0481. The van der Waals surface area contributed by atoms with Crippen molar-refractivity contribution in [3.63, 3.8) is 0 Å². The number of carboxylic acid groups (broad SMARTS) is 1. The Morgan fingerprint density at radius 3 is 2.15 bits per heavy atom. The first kappa shape index (κ1) is 26.4. The molecule has 0 aromatic heterocycles. The highest BCUT2D eigenvalue weighted by atomic mass is 16.5. The van der Waals surface area contributed by atoms with Crippen molar-refractivity contribution in [3.05, 3.63) is 65.7 Å². The first-order valence-corrected chi connectivity index (χ1v) is 11.4. The molecule has 0 bridgehead atoms. The van der Waals surface area contributed by atoms with Gasteiger partial charge in [-0.25, -0.2) is 4.79 Å². The molecule has 1 amide bonds. The largest absolute Gasteiger partial charge is 0.493 e. The van der Waals surface area contributed by atoms with Crippen molar-refractivity contribution in [1.29, 1.82) is 0 Å². The summed E-state index contributed by atoms with van der Waals surface area (Å²) in [4.78, 5) is 24.8. The minimum atomic E-state index is -1.08. The molecule has 6 heteroatoms. The molecule has 0 aliphatic heterocycles. The van der Waals surface area contributed by atoms with Crippen LogP contribution in [-0.2, 0) is 27.4 Å². The molecule has 2 atom stereocenters. The highest BCUT2D eigenvalue weighted by Gasteiger charge is 2.27. The van der Waals surface area contributed by atoms with E-state index in [4.69, 9.17) is 9.47 Å². The van der Waals surface area contributed by atoms with Crippen LogP contribution in [0.15, 0.2) is 54.6 Å². The van der Waals surface area contributed by atoms with Crippen molar-refractivity contribution in [2.24, 2.45) is 11.3 Å². The van der Waals surface area contributed by atoms with Gasteiger partial charge in [0.1, 0.15) is 17.9 Å². The highest BCUT2D eigenvalue weighted by Crippen LogP contribution is 2.19. The van der Waals surface area contributed by atoms with E-state index in [9.17, 15) is 14.7 Å². The number of carbonyl (C=O) groups is 2. The molecule has 2 N–H and O–H groups in total. The molecule has 2 aromatic rings. The van der Waals surface area contributed by atoms with Gasteiger partial charge in [-0.2, -0.15) is 0 Å². The first-order chi connectivity index (χ1) is 15.5. The van der Waals surface area contributed by atoms with Crippen molar-refractivity contribution in [1.82, 2.24) is 5.32 Å². The van der Waals surface area contributed by atoms with Crippen LogP contribution in [-0.4, -0.2) is 35.7 Å². The van der Waals surface area contributed by atoms with Gasteiger partial charge in [0.25, 0.3) is 0 Å². The van der Waals surface area contributed by atoms with E-state index >= 15 is 0 Å². The van der Waals surface area contributed by atoms with Crippen LogP contribution in [0.4, 0.5) is 0 Å². The van der Waals surface area contributed by atoms with Crippen LogP contribution in [0.5, 0.6) is 5.75 Å². The Bertz CT molecular complexity index is 872. The van der Waals surface area contributed by atoms with E-state index < -0.39 is 24.0 Å². The van der Waals surface area contributed by atoms with Crippen LogP contribution in [0.3, 0.4) is 0 Å². The lowest BCUT2D eigenvalue weighted by atomic mass is 9.99. The second-order valence-corrected chi connectivity index (χ2v) is 10.0. The Morgan fingerprint density at radius 1 is 0.970 bits per heavy atom. The summed E-state index contributed by atoms with van der Waals surface area (Å²) in [7, 11) is 0. The fourth-order valence-corrected chi connectivity index (χ4v) is 3.17. The number of hydrogen-bond acceptors (Lipinski definition) is 4. The van der Waals surface area contributed by atoms with Crippen LogP contribution in [0.1, 0.15) is 52.2 Å². The van der Waals surface area contributed by atoms with Crippen LogP contribution in [0.25, 0.3) is 0 Å². The minimum Gasteiger partial charge on any atom is -0.493 e. The molecule has 0 heterocycles. The van der Waals surface area contributed by atoms with E-state index in [-0.39, 0.29) is 17.8 Å². The van der Waals surface area contributed by atoms with Gasteiger partial charge in [0.2, 0.25) is 5.91 Å². The Balaban J connectivity index is 2.00. The summed E-state index contributed by atoms with van der Waals surface area (Å²) in [5.41, 5.74) is 1.81. The lowest BCUT2D eigenvalue weighted by molar-refractivity contribution is -0.145. The Morgan fingerprint density at radius 2 is 1.61 bits per heavy atom. The zero-order chi connectivity index (χ0) is 24.4. The first-order valence-electron chi connectivity index (χ1n) is 11.4. The van der Waals surface area contributed by atoms with Crippen LogP contribution >= 0.6 is 0 Å². The molecule has 33 heavy (non-hydrogen) atoms. The van der Waals surface area contributed by atoms with Crippen LogP contribution in [0, 0.1) is 11.3 Å². The molecule has 180 valence electrons. The summed E-state index contributed by atoms with van der Waals surface area (Å²) < 4.78 is 11.7. The molecule has 0 aliphatic rings. The fourth-order valence-electron chi connectivity index (χ4n) is 3.17. The van der Waals surface area contributed by atoms with E-state index in [1.807, 2.05) is 68.4 Å². The molecular weight excluding hydrogens is 418 g/mol. The number of ether oxygens (including phenoxy) is 2. The number of rotatable bonds is 12. The average Bonchev–Trinajstić information content (AvgIpc) is 2.75. The number of benzene rings is 2. The van der Waals surface area contributed by atoms with Crippen LogP contribution < -0.4 is 10.1 Å². The number of amides is 1. The van der Waals surface area contributed by atoms with Gasteiger partial charge in [-0.05, 0) is 41.0 Å². The molecule has 0 aliphatic carbocycles. The van der Waals surface area contributed by atoms with Crippen LogP contribution in [0.2, 0.25) is 0 Å². The molecule has 6 nitrogen and oxygen atoms in total. The predicted octanol–water partition coefficient (Wildman–Crippen LogP) is 4.85. The van der Waals surface area contributed by atoms with Crippen molar-refractivity contribution in [2.75, 3.05) is 6.61 Å². The van der Waals surface area contributed by atoms with E-state index in [1.54, 1.807) is 0 Å². The SMILES string of the molecule is CC(C)C[C@H](OCc1ccccc1)C(=O)NC(Cc1ccc(OCC(C)(C)C)cc1)C(=O)O. The van der Waals surface area contributed by atoms with Gasteiger partial charge in [-0.1, -0.05) is 77.1 Å². The van der Waals surface area contributed by atoms with Gasteiger partial charge in [-0.3, -0.25) is 4.79 Å². The van der Waals surface area contributed by atoms with Gasteiger partial charge < -0.3 is 19.9 Å². The third-order valence-corrected chi connectivity index (χ3v) is 4.92. The van der Waals surface area contributed by atoms with E-state index in [1.165, 1.54) is 0 Å². The van der Waals surface area contributed by atoms with Gasteiger partial charge in [0.05, 0.1) is 13.2 Å². The molecule has 2 aromatic carbocycles. The second kappa shape index (κ2) is 12.4. The molecular formula is C27H37NO5. The Labute approximate surface area is 197 Å². The number of nitrogens with one attached hydrogen (secondary N) is 1. The number of hydrogen-bond donors (Lipinski definition) is 2. The fraction of sp³-hybridized carbons (Fsp3) is 0.481. The maximum atomic E-state index is 12.9. The van der Waals surface area contributed by atoms with Gasteiger partial charge in [0.15, 0.2) is 0 Å². The topological polar surface area (TPSA) is 84.9 Å². The average molecular weight is 456 g/mol. The zero-order valence-electron chi connectivity index (χ0n) is 20.3. The van der Waals surface area contributed by atoms with E-state index in [0.717, 1.165) is 16.9 Å². The van der Waals surface area contributed by atoms with Crippen molar-refractivity contribution >= 4 is 11.9 Å². The quantitative estimate of drug-likeness (QED) is 0.478. The number of carbonyl (C=O) groups excluding carboxylic acids is 1. The van der Waals surface area contributed by atoms with Crippen molar-refractivity contribution in [3.8, 4) is 5.75 Å². The smallest absolute Gasteiger partial charge is 0.326 e. The highest BCUT2D eigenvalue weighted by molar-refractivity contribution is 5.86. The maximum Gasteiger partial charge on any atom is 0.326 e. The summed E-state index contributed by atoms with van der Waals surface area (Å²) in [6.45, 7) is 11.2. The number of carboxylic acids is 1. The van der Waals surface area contributed by atoms with Gasteiger partial charge in [0, 0.05) is 6.42 Å². The molecule has 0 fully saturated rings. The Hall–Kier alpha value is -2.86. The van der Waals surface area contributed by atoms with Gasteiger partial charge >= 0.3 is 5.97 Å². The molecule has 1 unspecified atom stereocenters. The summed E-state index contributed by atoms with van der Waals surface area (Å²) in [5.74, 6) is -0.531.